The van der Waals surface area contributed by atoms with Crippen LogP contribution in [-0.4, -0.2) is 31.8 Å². The van der Waals surface area contributed by atoms with Crippen molar-refractivity contribution in [2.45, 2.75) is 20.0 Å². The van der Waals surface area contributed by atoms with Crippen LogP contribution in [-0.2, 0) is 0 Å². The van der Waals surface area contributed by atoms with Gasteiger partial charge in [0.15, 0.2) is 5.65 Å². The highest BCUT2D eigenvalue weighted by molar-refractivity contribution is 6.04. The number of amides is 1. The first-order chi connectivity index (χ1) is 13.6. The Morgan fingerprint density at radius 1 is 1.00 bits per heavy atom. The van der Waals surface area contributed by atoms with Crippen molar-refractivity contribution >= 4 is 17.2 Å². The molecule has 0 spiro atoms. The SMILES string of the molecule is CC(C)Oc1ccc(C(=O)Nc2ccc(-c3ccc4nncn4n3)cc2)cc1. The first-order valence-electron chi connectivity index (χ1n) is 8.94. The monoisotopic (exact) mass is 373 g/mol. The molecule has 0 bridgehead atoms. The summed E-state index contributed by atoms with van der Waals surface area (Å²) in [5.74, 6) is 0.571. The van der Waals surface area contributed by atoms with E-state index in [2.05, 4.69) is 20.6 Å². The molecule has 0 saturated heterocycles. The molecule has 0 atom stereocenters. The Morgan fingerprint density at radius 2 is 1.75 bits per heavy atom. The van der Waals surface area contributed by atoms with E-state index in [1.54, 1.807) is 35.1 Å². The maximum atomic E-state index is 12.4. The van der Waals surface area contributed by atoms with Gasteiger partial charge < -0.3 is 10.1 Å². The van der Waals surface area contributed by atoms with E-state index in [1.165, 1.54) is 0 Å². The Hall–Kier alpha value is -3.74. The van der Waals surface area contributed by atoms with Gasteiger partial charge in [0.05, 0.1) is 11.8 Å². The molecule has 1 amide bonds. The van der Waals surface area contributed by atoms with E-state index in [4.69, 9.17) is 4.74 Å². The van der Waals surface area contributed by atoms with Gasteiger partial charge in [0.25, 0.3) is 5.91 Å². The van der Waals surface area contributed by atoms with E-state index in [1.807, 2.05) is 50.2 Å². The van der Waals surface area contributed by atoms with Crippen molar-refractivity contribution in [2.75, 3.05) is 5.32 Å². The normalized spacial score (nSPS) is 11.0. The maximum Gasteiger partial charge on any atom is 0.255 e. The number of fused-ring (bicyclic) bond motifs is 1. The first kappa shape index (κ1) is 17.7. The zero-order valence-corrected chi connectivity index (χ0v) is 15.5. The highest BCUT2D eigenvalue weighted by Crippen LogP contribution is 2.20. The summed E-state index contributed by atoms with van der Waals surface area (Å²) >= 11 is 0. The van der Waals surface area contributed by atoms with Crippen LogP contribution in [0, 0.1) is 0 Å². The Morgan fingerprint density at radius 3 is 2.46 bits per heavy atom. The molecule has 4 rings (SSSR count). The smallest absolute Gasteiger partial charge is 0.255 e. The number of hydrogen-bond acceptors (Lipinski definition) is 5. The lowest BCUT2D eigenvalue weighted by Crippen LogP contribution is -2.12. The number of carbonyl (C=O) groups excluding carboxylic acids is 1. The van der Waals surface area contributed by atoms with Gasteiger partial charge in [-0.3, -0.25) is 4.79 Å². The second-order valence-electron chi connectivity index (χ2n) is 6.57. The highest BCUT2D eigenvalue weighted by Gasteiger charge is 2.08. The molecule has 0 saturated carbocycles. The largest absolute Gasteiger partial charge is 0.491 e. The lowest BCUT2D eigenvalue weighted by Gasteiger charge is -2.10. The molecule has 2 heterocycles. The Labute approximate surface area is 162 Å². The van der Waals surface area contributed by atoms with Crippen LogP contribution in [0.25, 0.3) is 16.9 Å². The van der Waals surface area contributed by atoms with Crippen molar-refractivity contribution in [3.63, 3.8) is 0 Å². The Bertz CT molecular complexity index is 1100. The minimum atomic E-state index is -0.173. The van der Waals surface area contributed by atoms with Crippen molar-refractivity contribution < 1.29 is 9.53 Å². The van der Waals surface area contributed by atoms with Crippen LogP contribution in [0.15, 0.2) is 67.0 Å². The molecule has 2 aromatic heterocycles. The van der Waals surface area contributed by atoms with E-state index < -0.39 is 0 Å². The molecule has 140 valence electrons. The molecule has 28 heavy (non-hydrogen) atoms. The lowest BCUT2D eigenvalue weighted by molar-refractivity contribution is 0.102. The first-order valence-corrected chi connectivity index (χ1v) is 8.94. The number of nitrogens with zero attached hydrogens (tertiary/aromatic N) is 4. The van der Waals surface area contributed by atoms with Gasteiger partial charge in [-0.15, -0.1) is 10.2 Å². The predicted molar refractivity (Wildman–Crippen MR) is 106 cm³/mol. The van der Waals surface area contributed by atoms with Crippen LogP contribution in [0.2, 0.25) is 0 Å². The molecule has 2 aromatic carbocycles. The molecule has 4 aromatic rings. The third-order valence-electron chi connectivity index (χ3n) is 4.09. The summed E-state index contributed by atoms with van der Waals surface area (Å²) in [4.78, 5) is 12.4. The number of hydrogen-bond donors (Lipinski definition) is 1. The predicted octanol–water partition coefficient (Wildman–Crippen LogP) is 3.83. The molecule has 0 aliphatic rings. The molecule has 7 heteroatoms. The summed E-state index contributed by atoms with van der Waals surface area (Å²) < 4.78 is 7.22. The van der Waals surface area contributed by atoms with Crippen LogP contribution in [0.5, 0.6) is 5.75 Å². The number of rotatable bonds is 5. The molecule has 7 nitrogen and oxygen atoms in total. The van der Waals surface area contributed by atoms with Crippen LogP contribution < -0.4 is 10.1 Å². The fourth-order valence-corrected chi connectivity index (χ4v) is 2.77. The van der Waals surface area contributed by atoms with Crippen molar-refractivity contribution in [3.8, 4) is 17.0 Å². The van der Waals surface area contributed by atoms with E-state index >= 15 is 0 Å². The van der Waals surface area contributed by atoms with Crippen molar-refractivity contribution in [3.05, 3.63) is 72.6 Å². The maximum absolute atomic E-state index is 12.4. The zero-order chi connectivity index (χ0) is 19.5. The minimum Gasteiger partial charge on any atom is -0.491 e. The van der Waals surface area contributed by atoms with Gasteiger partial charge in [0.1, 0.15) is 12.1 Å². The fraction of sp³-hybridized carbons (Fsp3) is 0.143. The van der Waals surface area contributed by atoms with Crippen molar-refractivity contribution in [1.29, 1.82) is 0 Å². The van der Waals surface area contributed by atoms with Gasteiger partial charge in [-0.1, -0.05) is 12.1 Å². The van der Waals surface area contributed by atoms with Crippen LogP contribution >= 0.6 is 0 Å². The van der Waals surface area contributed by atoms with E-state index in [-0.39, 0.29) is 12.0 Å². The number of benzene rings is 2. The number of carbonyl (C=O) groups is 1. The molecule has 0 fully saturated rings. The summed E-state index contributed by atoms with van der Waals surface area (Å²) in [5, 5.41) is 15.1. The van der Waals surface area contributed by atoms with E-state index in [9.17, 15) is 4.79 Å². The van der Waals surface area contributed by atoms with Crippen molar-refractivity contribution in [2.24, 2.45) is 0 Å². The molecular weight excluding hydrogens is 354 g/mol. The van der Waals surface area contributed by atoms with Crippen LogP contribution in [0.3, 0.4) is 0 Å². The summed E-state index contributed by atoms with van der Waals surface area (Å²) in [6, 6.07) is 18.4. The highest BCUT2D eigenvalue weighted by atomic mass is 16.5. The minimum absolute atomic E-state index is 0.0958. The second-order valence-corrected chi connectivity index (χ2v) is 6.57. The summed E-state index contributed by atoms with van der Waals surface area (Å²) in [7, 11) is 0. The van der Waals surface area contributed by atoms with E-state index in [0.29, 0.717) is 16.9 Å². The summed E-state index contributed by atoms with van der Waals surface area (Å²) in [5.41, 5.74) is 3.70. The van der Waals surface area contributed by atoms with Gasteiger partial charge in [-0.25, -0.2) is 0 Å². The third-order valence-corrected chi connectivity index (χ3v) is 4.09. The molecule has 1 N–H and O–H groups in total. The number of anilines is 1. The van der Waals surface area contributed by atoms with Gasteiger partial charge in [0, 0.05) is 16.8 Å². The number of aromatic nitrogens is 4. The quantitative estimate of drug-likeness (QED) is 0.575. The van der Waals surface area contributed by atoms with Crippen LogP contribution in [0.4, 0.5) is 5.69 Å². The van der Waals surface area contributed by atoms with Crippen LogP contribution in [0.1, 0.15) is 24.2 Å². The summed E-state index contributed by atoms with van der Waals surface area (Å²) in [6.07, 6.45) is 1.66. The molecule has 0 aliphatic heterocycles. The summed E-state index contributed by atoms with van der Waals surface area (Å²) in [6.45, 7) is 3.92. The molecular formula is C21H19N5O2. The Balaban J connectivity index is 1.45. The molecule has 0 aliphatic carbocycles. The average Bonchev–Trinajstić information content (AvgIpc) is 3.16. The number of ether oxygens (including phenoxy) is 1. The lowest BCUT2D eigenvalue weighted by atomic mass is 10.1. The number of nitrogens with one attached hydrogen (secondary N) is 1. The standard InChI is InChI=1S/C21H19N5O2/c1-14(2)28-18-9-5-16(6-10-18)21(27)23-17-7-3-15(4-8-17)19-11-12-20-24-22-13-26(20)25-19/h3-14H,1-2H3,(H,23,27). The van der Waals surface area contributed by atoms with Gasteiger partial charge in [-0.05, 0) is 62.4 Å². The molecule has 0 radical (unpaired) electrons. The second kappa shape index (κ2) is 7.48. The van der Waals surface area contributed by atoms with Gasteiger partial charge >= 0.3 is 0 Å². The third kappa shape index (κ3) is 3.83. The van der Waals surface area contributed by atoms with Gasteiger partial charge in [-0.2, -0.15) is 9.61 Å². The topological polar surface area (TPSA) is 81.4 Å². The van der Waals surface area contributed by atoms with E-state index in [0.717, 1.165) is 17.0 Å². The van der Waals surface area contributed by atoms with Crippen molar-refractivity contribution in [1.82, 2.24) is 19.8 Å². The molecule has 0 unspecified atom stereocenters. The Kier molecular flexibility index (Phi) is 4.72. The van der Waals surface area contributed by atoms with Gasteiger partial charge in [0.2, 0.25) is 0 Å². The zero-order valence-electron chi connectivity index (χ0n) is 15.5. The average molecular weight is 373 g/mol. The fourth-order valence-electron chi connectivity index (χ4n) is 2.77.